The van der Waals surface area contributed by atoms with Gasteiger partial charge in [-0.05, 0) is 56.3 Å². The number of hydrogen-bond donors (Lipinski definition) is 3. The molecule has 0 heterocycles. The Morgan fingerprint density at radius 3 is 1.91 bits per heavy atom. The van der Waals surface area contributed by atoms with Crippen LogP contribution in [0.3, 0.4) is 0 Å². The lowest BCUT2D eigenvalue weighted by Crippen LogP contribution is -2.08. The number of aliphatic imine (C=N–C) groups is 1. The van der Waals surface area contributed by atoms with Crippen molar-refractivity contribution in [1.82, 2.24) is 0 Å². The molecule has 0 unspecified atom stereocenters. The van der Waals surface area contributed by atoms with Gasteiger partial charge in [-0.2, -0.15) is 0 Å². The predicted octanol–water partition coefficient (Wildman–Crippen LogP) is 5.70. The fourth-order valence-electron chi connectivity index (χ4n) is 3.68. The molecule has 0 bridgehead atoms. The lowest BCUT2D eigenvalue weighted by Gasteiger charge is -2.14. The summed E-state index contributed by atoms with van der Waals surface area (Å²) in [5.41, 5.74) is 11.1. The van der Waals surface area contributed by atoms with Crippen LogP contribution in [0.1, 0.15) is 38.2 Å². The topological polar surface area (TPSA) is 95.9 Å². The number of carbonyl (C=O) groups is 1. The Hall–Kier alpha value is -4.38. The summed E-state index contributed by atoms with van der Waals surface area (Å²) in [5, 5.41) is 20.9. The molecule has 0 aliphatic carbocycles. The fraction of sp³-hybridized carbons (Fsp3) is 0.0714. The van der Waals surface area contributed by atoms with Gasteiger partial charge in [-0.25, -0.2) is 4.99 Å². The van der Waals surface area contributed by atoms with E-state index < -0.39 is 0 Å². The van der Waals surface area contributed by atoms with Crippen molar-refractivity contribution in [3.05, 3.63) is 118 Å². The minimum absolute atomic E-state index is 0.0581. The largest absolute Gasteiger partial charge is 0.507 e. The van der Waals surface area contributed by atoms with Gasteiger partial charge in [0.1, 0.15) is 11.5 Å². The van der Waals surface area contributed by atoms with Crippen molar-refractivity contribution < 1.29 is 15.0 Å². The molecule has 5 nitrogen and oxygen atoms in total. The lowest BCUT2D eigenvalue weighted by atomic mass is 9.97. The molecule has 4 rings (SSSR count). The Morgan fingerprint density at radius 1 is 0.697 bits per heavy atom. The second-order valence-electron chi connectivity index (χ2n) is 7.94. The Morgan fingerprint density at radius 2 is 1.24 bits per heavy atom. The molecule has 33 heavy (non-hydrogen) atoms. The van der Waals surface area contributed by atoms with E-state index in [4.69, 9.17) is 10.7 Å². The number of phenols is 2. The molecule has 0 atom stereocenters. The highest BCUT2D eigenvalue weighted by Gasteiger charge is 2.20. The Bertz CT molecular complexity index is 1390. The molecule has 4 aromatic rings. The van der Waals surface area contributed by atoms with Crippen LogP contribution in [0.4, 0.5) is 11.4 Å². The summed E-state index contributed by atoms with van der Waals surface area (Å²) < 4.78 is 0. The first-order chi connectivity index (χ1) is 15.8. The van der Waals surface area contributed by atoms with Crippen LogP contribution in [0.25, 0.3) is 0 Å². The van der Waals surface area contributed by atoms with Crippen LogP contribution >= 0.6 is 0 Å². The molecule has 0 radical (unpaired) electrons. The minimum atomic E-state index is -0.343. The Kier molecular flexibility index (Phi) is 5.96. The number of aromatic hydroxyl groups is 2. The summed E-state index contributed by atoms with van der Waals surface area (Å²) >= 11 is 0. The average Bonchev–Trinajstić information content (AvgIpc) is 2.81. The molecule has 0 aliphatic rings. The zero-order valence-corrected chi connectivity index (χ0v) is 18.4. The third kappa shape index (κ3) is 4.48. The van der Waals surface area contributed by atoms with E-state index in [1.54, 1.807) is 48.5 Å². The third-order valence-corrected chi connectivity index (χ3v) is 5.40. The zero-order chi connectivity index (χ0) is 23.5. The van der Waals surface area contributed by atoms with Crippen molar-refractivity contribution in [2.75, 3.05) is 5.73 Å². The molecule has 0 aliphatic heterocycles. The number of nitrogen functional groups attached to an aromatic ring is 1. The summed E-state index contributed by atoms with van der Waals surface area (Å²) in [6.07, 6.45) is 0. The number of benzene rings is 4. The number of phenolic OH excluding ortho intramolecular Hbond substituents is 2. The number of rotatable bonds is 5. The lowest BCUT2D eigenvalue weighted by molar-refractivity contribution is 0.103. The summed E-state index contributed by atoms with van der Waals surface area (Å²) in [6, 6.07) is 24.3. The normalized spacial score (nSPS) is 11.4. The van der Waals surface area contributed by atoms with E-state index >= 15 is 0 Å². The maximum absolute atomic E-state index is 13.4. The summed E-state index contributed by atoms with van der Waals surface area (Å²) in [7, 11) is 0. The van der Waals surface area contributed by atoms with E-state index in [2.05, 4.69) is 0 Å². The molecule has 0 spiro atoms. The number of carbonyl (C=O) groups excluding carboxylic acids is 1. The van der Waals surface area contributed by atoms with Crippen LogP contribution in [0.2, 0.25) is 0 Å². The average molecular weight is 437 g/mol. The number of nitrogens with two attached hydrogens (primary N) is 1. The number of aryl methyl sites for hydroxylation is 2. The van der Waals surface area contributed by atoms with Crippen LogP contribution in [-0.2, 0) is 0 Å². The number of anilines is 1. The van der Waals surface area contributed by atoms with Gasteiger partial charge in [0, 0.05) is 22.4 Å². The van der Waals surface area contributed by atoms with Crippen molar-refractivity contribution in [2.24, 2.45) is 4.99 Å². The molecule has 0 saturated heterocycles. The van der Waals surface area contributed by atoms with Crippen LogP contribution < -0.4 is 5.73 Å². The summed E-state index contributed by atoms with van der Waals surface area (Å²) in [4.78, 5) is 18.2. The van der Waals surface area contributed by atoms with E-state index in [1.165, 1.54) is 6.07 Å². The third-order valence-electron chi connectivity index (χ3n) is 5.40. The smallest absolute Gasteiger partial charge is 0.198 e. The van der Waals surface area contributed by atoms with E-state index in [-0.39, 0.29) is 22.8 Å². The van der Waals surface area contributed by atoms with E-state index in [0.29, 0.717) is 33.8 Å². The molecule has 4 aromatic carbocycles. The van der Waals surface area contributed by atoms with Gasteiger partial charge in [0.25, 0.3) is 0 Å². The first kappa shape index (κ1) is 21.8. The van der Waals surface area contributed by atoms with Crippen molar-refractivity contribution in [1.29, 1.82) is 0 Å². The SMILES string of the molecule is Cc1ccc(O)c(C(=O)c2ccccc2N=C(c2ccccc2N)c2cc(C)ccc2O)c1. The number of ketones is 1. The van der Waals surface area contributed by atoms with E-state index in [9.17, 15) is 15.0 Å². The van der Waals surface area contributed by atoms with Gasteiger partial charge in [0.05, 0.1) is 17.0 Å². The van der Waals surface area contributed by atoms with Crippen LogP contribution in [-0.4, -0.2) is 21.7 Å². The predicted molar refractivity (Wildman–Crippen MR) is 132 cm³/mol. The maximum Gasteiger partial charge on any atom is 0.198 e. The highest BCUT2D eigenvalue weighted by Crippen LogP contribution is 2.31. The first-order valence-electron chi connectivity index (χ1n) is 10.5. The standard InChI is InChI=1S/C28H24N2O3/c1-17-11-13-25(31)21(15-17)27(19-7-3-5-9-23(19)29)30-24-10-6-4-8-20(24)28(33)22-16-18(2)12-14-26(22)32/h3-16,31-32H,29H2,1-2H3. The molecule has 0 amide bonds. The van der Waals surface area contributed by atoms with Gasteiger partial charge in [-0.3, -0.25) is 4.79 Å². The van der Waals surface area contributed by atoms with Gasteiger partial charge < -0.3 is 15.9 Å². The van der Waals surface area contributed by atoms with Crippen molar-refractivity contribution >= 4 is 22.9 Å². The second-order valence-corrected chi connectivity index (χ2v) is 7.94. The quantitative estimate of drug-likeness (QED) is 0.212. The molecular weight excluding hydrogens is 412 g/mol. The Labute approximate surface area is 192 Å². The van der Waals surface area contributed by atoms with Crippen molar-refractivity contribution in [3.63, 3.8) is 0 Å². The molecule has 164 valence electrons. The van der Waals surface area contributed by atoms with Crippen molar-refractivity contribution in [3.8, 4) is 11.5 Å². The first-order valence-corrected chi connectivity index (χ1v) is 10.5. The second kappa shape index (κ2) is 9.01. The summed E-state index contributed by atoms with van der Waals surface area (Å²) in [5.74, 6) is -0.375. The van der Waals surface area contributed by atoms with E-state index in [1.807, 2.05) is 44.2 Å². The highest BCUT2D eigenvalue weighted by atomic mass is 16.3. The van der Waals surface area contributed by atoms with Gasteiger partial charge >= 0.3 is 0 Å². The Balaban J connectivity index is 1.95. The van der Waals surface area contributed by atoms with Crippen LogP contribution in [0.5, 0.6) is 11.5 Å². The van der Waals surface area contributed by atoms with Crippen molar-refractivity contribution in [2.45, 2.75) is 13.8 Å². The zero-order valence-electron chi connectivity index (χ0n) is 18.4. The molecule has 5 heteroatoms. The van der Waals surface area contributed by atoms with Gasteiger partial charge in [0.2, 0.25) is 0 Å². The van der Waals surface area contributed by atoms with Gasteiger partial charge in [-0.15, -0.1) is 0 Å². The molecule has 0 aromatic heterocycles. The summed E-state index contributed by atoms with van der Waals surface area (Å²) in [6.45, 7) is 3.78. The fourth-order valence-corrected chi connectivity index (χ4v) is 3.68. The minimum Gasteiger partial charge on any atom is -0.507 e. The monoisotopic (exact) mass is 436 g/mol. The van der Waals surface area contributed by atoms with Crippen LogP contribution in [0, 0.1) is 13.8 Å². The maximum atomic E-state index is 13.4. The number of para-hydroxylation sites is 2. The molecule has 0 fully saturated rings. The highest BCUT2D eigenvalue weighted by molar-refractivity contribution is 6.19. The molecule has 0 saturated carbocycles. The van der Waals surface area contributed by atoms with Gasteiger partial charge in [0.15, 0.2) is 5.78 Å². The van der Waals surface area contributed by atoms with E-state index in [0.717, 1.165) is 11.1 Å². The number of nitrogens with zero attached hydrogens (tertiary/aromatic N) is 1. The molecular formula is C28H24N2O3. The van der Waals surface area contributed by atoms with Crippen LogP contribution in [0.15, 0.2) is 89.9 Å². The number of hydrogen-bond acceptors (Lipinski definition) is 5. The van der Waals surface area contributed by atoms with Gasteiger partial charge in [-0.1, -0.05) is 53.6 Å². The molecule has 4 N–H and O–H groups in total.